The maximum absolute atomic E-state index is 12.8. The van der Waals surface area contributed by atoms with Crippen molar-refractivity contribution in [2.75, 3.05) is 0 Å². The Bertz CT molecular complexity index is 581. The largest absolute Gasteiger partial charge is 0.382 e. The third kappa shape index (κ3) is 9.61. The van der Waals surface area contributed by atoms with E-state index in [1.165, 1.54) is 32.1 Å². The van der Waals surface area contributed by atoms with Crippen molar-refractivity contribution in [3.63, 3.8) is 0 Å². The fourth-order valence-electron chi connectivity index (χ4n) is 3.25. The second kappa shape index (κ2) is 13.2. The van der Waals surface area contributed by atoms with Gasteiger partial charge in [-0.15, -0.1) is 0 Å². The summed E-state index contributed by atoms with van der Waals surface area (Å²) in [4.78, 5) is 0. The van der Waals surface area contributed by atoms with Gasteiger partial charge in [0, 0.05) is 0 Å². The number of benzene rings is 1. The van der Waals surface area contributed by atoms with Crippen LogP contribution in [0.4, 0.5) is 0 Å². The van der Waals surface area contributed by atoms with Crippen molar-refractivity contribution in [3.8, 4) is 5.75 Å². The highest BCUT2D eigenvalue weighted by Gasteiger charge is 2.26. The summed E-state index contributed by atoms with van der Waals surface area (Å²) < 4.78 is 31.0. The third-order valence-electron chi connectivity index (χ3n) is 4.87. The van der Waals surface area contributed by atoms with Crippen LogP contribution in [0.1, 0.15) is 96.5 Å². The normalized spacial score (nSPS) is 12.9. The second-order valence-corrected chi connectivity index (χ2v) is 9.24. The average molecular weight is 383 g/mol. The first-order valence-electron chi connectivity index (χ1n) is 10.5. The van der Waals surface area contributed by atoms with Crippen LogP contribution in [0.2, 0.25) is 0 Å². The van der Waals surface area contributed by atoms with Crippen molar-refractivity contribution in [2.24, 2.45) is 0 Å². The van der Waals surface area contributed by atoms with Crippen LogP contribution in [0.15, 0.2) is 24.3 Å². The van der Waals surface area contributed by atoms with Crippen LogP contribution in [-0.4, -0.2) is 13.7 Å². The minimum absolute atomic E-state index is 0.384. The smallest absolute Gasteiger partial charge is 0.312 e. The van der Waals surface area contributed by atoms with E-state index in [-0.39, 0.29) is 5.25 Å². The van der Waals surface area contributed by atoms with Gasteiger partial charge in [0.25, 0.3) is 0 Å². The van der Waals surface area contributed by atoms with Crippen LogP contribution < -0.4 is 4.18 Å². The number of aryl methyl sites for hydroxylation is 1. The lowest BCUT2D eigenvalue weighted by molar-refractivity contribution is 0.447. The predicted molar refractivity (Wildman–Crippen MR) is 111 cm³/mol. The molecule has 0 aliphatic carbocycles. The van der Waals surface area contributed by atoms with Crippen molar-refractivity contribution >= 4 is 10.1 Å². The molecular weight excluding hydrogens is 344 g/mol. The summed E-state index contributed by atoms with van der Waals surface area (Å²) in [6.07, 6.45) is 13.0. The van der Waals surface area contributed by atoms with Gasteiger partial charge in [-0.1, -0.05) is 90.2 Å². The molecule has 0 fully saturated rings. The Morgan fingerprint density at radius 3 is 2.00 bits per heavy atom. The van der Waals surface area contributed by atoms with E-state index in [1.807, 2.05) is 19.1 Å². The topological polar surface area (TPSA) is 43.4 Å². The molecule has 26 heavy (non-hydrogen) atoms. The minimum Gasteiger partial charge on any atom is -0.382 e. The molecule has 3 nitrogen and oxygen atoms in total. The van der Waals surface area contributed by atoms with E-state index in [0.717, 1.165) is 37.7 Å². The maximum Gasteiger partial charge on any atom is 0.312 e. The Kier molecular flexibility index (Phi) is 11.7. The molecule has 0 heterocycles. The molecule has 0 aliphatic heterocycles. The molecule has 0 saturated heterocycles. The zero-order chi connectivity index (χ0) is 19.3. The van der Waals surface area contributed by atoms with Crippen LogP contribution in [0.25, 0.3) is 0 Å². The number of unbranched alkanes of at least 4 members (excludes halogenated alkanes) is 8. The van der Waals surface area contributed by atoms with Crippen LogP contribution in [0, 0.1) is 6.92 Å². The fourth-order valence-corrected chi connectivity index (χ4v) is 4.67. The van der Waals surface area contributed by atoms with E-state index in [9.17, 15) is 8.42 Å². The van der Waals surface area contributed by atoms with Gasteiger partial charge in [0.1, 0.15) is 5.75 Å². The Labute approximate surface area is 161 Å². The van der Waals surface area contributed by atoms with Crippen molar-refractivity contribution in [2.45, 2.75) is 103 Å². The number of hydrogen-bond donors (Lipinski definition) is 0. The van der Waals surface area contributed by atoms with Crippen LogP contribution >= 0.6 is 0 Å². The Morgan fingerprint density at radius 2 is 1.38 bits per heavy atom. The Balaban J connectivity index is 2.56. The standard InChI is InChI=1S/C22H38O3S/c1-4-6-8-9-10-11-13-18-22(17-12-7-5-2)26(23,24)25-21-16-14-15-20(3)19-21/h14-16,19,22H,4-13,17-18H2,1-3H3. The molecule has 0 amide bonds. The molecule has 0 aliphatic rings. The van der Waals surface area contributed by atoms with Gasteiger partial charge in [0.05, 0.1) is 5.25 Å². The highest BCUT2D eigenvalue weighted by molar-refractivity contribution is 7.87. The van der Waals surface area contributed by atoms with Crippen molar-refractivity contribution in [1.82, 2.24) is 0 Å². The van der Waals surface area contributed by atoms with Crippen molar-refractivity contribution in [1.29, 1.82) is 0 Å². The van der Waals surface area contributed by atoms with Gasteiger partial charge in [-0.25, -0.2) is 0 Å². The number of rotatable bonds is 15. The third-order valence-corrected chi connectivity index (χ3v) is 6.58. The van der Waals surface area contributed by atoms with E-state index in [4.69, 9.17) is 4.18 Å². The van der Waals surface area contributed by atoms with E-state index in [0.29, 0.717) is 18.6 Å². The van der Waals surface area contributed by atoms with Gasteiger partial charge in [-0.3, -0.25) is 0 Å². The minimum atomic E-state index is -3.57. The fraction of sp³-hybridized carbons (Fsp3) is 0.727. The van der Waals surface area contributed by atoms with E-state index >= 15 is 0 Å². The van der Waals surface area contributed by atoms with Gasteiger partial charge < -0.3 is 4.18 Å². The quantitative estimate of drug-likeness (QED) is 0.248. The monoisotopic (exact) mass is 382 g/mol. The van der Waals surface area contributed by atoms with Gasteiger partial charge in [-0.2, -0.15) is 8.42 Å². The lowest BCUT2D eigenvalue weighted by atomic mass is 10.0. The highest BCUT2D eigenvalue weighted by atomic mass is 32.2. The summed E-state index contributed by atoms with van der Waals surface area (Å²) in [6.45, 7) is 6.31. The van der Waals surface area contributed by atoms with Crippen molar-refractivity contribution < 1.29 is 12.6 Å². The second-order valence-electron chi connectivity index (χ2n) is 7.42. The lowest BCUT2D eigenvalue weighted by Gasteiger charge is -2.18. The molecule has 0 N–H and O–H groups in total. The molecule has 150 valence electrons. The first kappa shape index (κ1) is 23.0. The van der Waals surface area contributed by atoms with Gasteiger partial charge >= 0.3 is 10.1 Å². The molecule has 0 saturated carbocycles. The molecule has 0 spiro atoms. The molecule has 1 aromatic carbocycles. The summed E-state index contributed by atoms with van der Waals surface area (Å²) in [7, 11) is -3.57. The molecule has 1 aromatic rings. The maximum atomic E-state index is 12.8. The molecule has 4 heteroatoms. The molecule has 1 atom stereocenters. The van der Waals surface area contributed by atoms with E-state index in [2.05, 4.69) is 13.8 Å². The van der Waals surface area contributed by atoms with Crippen LogP contribution in [0.3, 0.4) is 0 Å². The van der Waals surface area contributed by atoms with Crippen LogP contribution in [0.5, 0.6) is 5.75 Å². The molecule has 1 unspecified atom stereocenters. The summed E-state index contributed by atoms with van der Waals surface area (Å²) in [5.74, 6) is 0.435. The summed E-state index contributed by atoms with van der Waals surface area (Å²) in [6, 6.07) is 7.29. The van der Waals surface area contributed by atoms with E-state index in [1.54, 1.807) is 12.1 Å². The zero-order valence-corrected chi connectivity index (χ0v) is 17.8. The molecular formula is C22H38O3S. The number of hydrogen-bond acceptors (Lipinski definition) is 3. The van der Waals surface area contributed by atoms with Gasteiger partial charge in [-0.05, 0) is 37.5 Å². The molecule has 0 radical (unpaired) electrons. The SMILES string of the molecule is CCCCCCCCCC(CCCCC)S(=O)(=O)Oc1cccc(C)c1. The predicted octanol–water partition coefficient (Wildman–Crippen LogP) is 6.79. The summed E-state index contributed by atoms with van der Waals surface area (Å²) in [5, 5.41) is -0.384. The molecule has 0 aromatic heterocycles. The zero-order valence-electron chi connectivity index (χ0n) is 17.0. The average Bonchev–Trinajstić information content (AvgIpc) is 2.59. The van der Waals surface area contributed by atoms with Crippen molar-refractivity contribution in [3.05, 3.63) is 29.8 Å². The van der Waals surface area contributed by atoms with E-state index < -0.39 is 10.1 Å². The first-order chi connectivity index (χ1) is 12.5. The van der Waals surface area contributed by atoms with Crippen LogP contribution in [-0.2, 0) is 10.1 Å². The highest BCUT2D eigenvalue weighted by Crippen LogP contribution is 2.23. The summed E-state index contributed by atoms with van der Waals surface area (Å²) in [5.41, 5.74) is 1.01. The summed E-state index contributed by atoms with van der Waals surface area (Å²) >= 11 is 0. The first-order valence-corrected chi connectivity index (χ1v) is 12.0. The van der Waals surface area contributed by atoms with Gasteiger partial charge in [0.2, 0.25) is 0 Å². The van der Waals surface area contributed by atoms with Gasteiger partial charge in [0.15, 0.2) is 0 Å². The Morgan fingerprint density at radius 1 is 0.846 bits per heavy atom. The Hall–Kier alpha value is -1.03. The lowest BCUT2D eigenvalue weighted by Crippen LogP contribution is -2.26. The molecule has 0 bridgehead atoms. The molecule has 1 rings (SSSR count).